The summed E-state index contributed by atoms with van der Waals surface area (Å²) in [4.78, 5) is 18.1. The highest BCUT2D eigenvalue weighted by Crippen LogP contribution is 2.42. The summed E-state index contributed by atoms with van der Waals surface area (Å²) in [5, 5.41) is 13.2. The molecule has 31 heavy (non-hydrogen) atoms. The van der Waals surface area contributed by atoms with Crippen molar-refractivity contribution in [1.29, 1.82) is 0 Å². The fraction of sp³-hybridized carbons (Fsp3) is 0.120. The second-order valence-electron chi connectivity index (χ2n) is 7.29. The van der Waals surface area contributed by atoms with E-state index in [1.54, 1.807) is 19.1 Å². The molecular formula is C25H21N3O3. The number of nitrogens with one attached hydrogen (secondary N) is 1. The molecule has 3 aromatic carbocycles. The van der Waals surface area contributed by atoms with Crippen LogP contribution in [-0.2, 0) is 9.53 Å². The molecule has 154 valence electrons. The minimum Gasteiger partial charge on any atom is -0.508 e. The summed E-state index contributed by atoms with van der Waals surface area (Å²) in [6, 6.07) is 23.9. The summed E-state index contributed by atoms with van der Waals surface area (Å²) < 4.78 is 7.51. The molecule has 2 heterocycles. The Kier molecular flexibility index (Phi) is 4.67. The number of hydrogen-bond acceptors (Lipinski definition) is 5. The Bertz CT molecular complexity index is 1290. The number of phenols is 1. The van der Waals surface area contributed by atoms with Crippen LogP contribution in [0.1, 0.15) is 24.1 Å². The molecule has 1 aromatic heterocycles. The summed E-state index contributed by atoms with van der Waals surface area (Å²) in [5.74, 6) is 0.417. The van der Waals surface area contributed by atoms with E-state index in [-0.39, 0.29) is 12.4 Å². The van der Waals surface area contributed by atoms with E-state index >= 15 is 0 Å². The first-order valence-electron chi connectivity index (χ1n) is 10.2. The highest BCUT2D eigenvalue weighted by atomic mass is 16.5. The molecule has 0 unspecified atom stereocenters. The summed E-state index contributed by atoms with van der Waals surface area (Å²) in [5.41, 5.74) is 4.60. The Morgan fingerprint density at radius 1 is 1.03 bits per heavy atom. The quantitative estimate of drug-likeness (QED) is 0.475. The van der Waals surface area contributed by atoms with E-state index in [9.17, 15) is 9.90 Å². The third kappa shape index (κ3) is 3.22. The largest absolute Gasteiger partial charge is 0.508 e. The molecule has 0 saturated carbocycles. The number of hydrogen-bond donors (Lipinski definition) is 2. The van der Waals surface area contributed by atoms with Crippen molar-refractivity contribution >= 4 is 28.6 Å². The number of carbonyl (C=O) groups is 1. The highest BCUT2D eigenvalue weighted by Gasteiger charge is 2.36. The molecule has 0 aliphatic carbocycles. The Hall–Kier alpha value is -4.06. The third-order valence-electron chi connectivity index (χ3n) is 5.40. The van der Waals surface area contributed by atoms with Gasteiger partial charge in [-0.15, -0.1) is 0 Å². The summed E-state index contributed by atoms with van der Waals surface area (Å²) >= 11 is 0. The van der Waals surface area contributed by atoms with Crippen molar-refractivity contribution in [2.75, 3.05) is 11.9 Å². The van der Waals surface area contributed by atoms with E-state index in [0.29, 0.717) is 17.2 Å². The molecule has 4 aromatic rings. The van der Waals surface area contributed by atoms with E-state index in [4.69, 9.17) is 9.72 Å². The lowest BCUT2D eigenvalue weighted by Crippen LogP contribution is -2.29. The average molecular weight is 411 g/mol. The van der Waals surface area contributed by atoms with Gasteiger partial charge in [-0.05, 0) is 42.3 Å². The van der Waals surface area contributed by atoms with Crippen LogP contribution >= 0.6 is 0 Å². The molecule has 0 radical (unpaired) electrons. The first-order valence-corrected chi connectivity index (χ1v) is 10.2. The van der Waals surface area contributed by atoms with Crippen molar-refractivity contribution in [3.63, 3.8) is 0 Å². The zero-order valence-electron chi connectivity index (χ0n) is 16.9. The number of aromatic hydroxyl groups is 1. The number of ether oxygens (including phenoxy) is 1. The predicted molar refractivity (Wildman–Crippen MR) is 120 cm³/mol. The molecule has 0 amide bonds. The summed E-state index contributed by atoms with van der Waals surface area (Å²) in [7, 11) is 0. The van der Waals surface area contributed by atoms with Gasteiger partial charge in [0.15, 0.2) is 0 Å². The van der Waals surface area contributed by atoms with Gasteiger partial charge in [0.1, 0.15) is 5.75 Å². The lowest BCUT2D eigenvalue weighted by molar-refractivity contribution is -0.138. The molecule has 1 atom stereocenters. The van der Waals surface area contributed by atoms with E-state index in [0.717, 1.165) is 22.2 Å². The molecule has 5 rings (SSSR count). The number of fused-ring (bicyclic) bond motifs is 3. The summed E-state index contributed by atoms with van der Waals surface area (Å²) in [6.45, 7) is 2.06. The second-order valence-corrected chi connectivity index (χ2v) is 7.29. The fourth-order valence-corrected chi connectivity index (χ4v) is 4.07. The highest BCUT2D eigenvalue weighted by molar-refractivity contribution is 6.03. The van der Waals surface area contributed by atoms with Gasteiger partial charge >= 0.3 is 5.97 Å². The molecule has 0 spiro atoms. The van der Waals surface area contributed by atoms with Gasteiger partial charge in [0, 0.05) is 0 Å². The van der Waals surface area contributed by atoms with Crippen LogP contribution in [-0.4, -0.2) is 27.2 Å². The lowest BCUT2D eigenvalue weighted by Gasteiger charge is -2.31. The molecule has 0 saturated heterocycles. The van der Waals surface area contributed by atoms with Crippen molar-refractivity contribution in [2.45, 2.75) is 13.0 Å². The van der Waals surface area contributed by atoms with Gasteiger partial charge in [-0.2, -0.15) is 0 Å². The molecule has 1 aliphatic rings. The first-order chi connectivity index (χ1) is 15.2. The maximum Gasteiger partial charge on any atom is 0.338 e. The Labute approximate surface area is 179 Å². The number of benzene rings is 3. The van der Waals surface area contributed by atoms with Crippen LogP contribution in [0, 0.1) is 0 Å². The smallest absolute Gasteiger partial charge is 0.338 e. The maximum absolute atomic E-state index is 13.3. The SMILES string of the molecule is CCOC(=O)C1=C(c2ccccc2)Nc2nc3ccccc3n2[C@@H]1c1ccc(O)cc1. The molecule has 0 fully saturated rings. The first kappa shape index (κ1) is 18.9. The van der Waals surface area contributed by atoms with E-state index in [2.05, 4.69) is 5.32 Å². The molecule has 6 heteroatoms. The topological polar surface area (TPSA) is 76.4 Å². The van der Waals surface area contributed by atoms with Crippen LogP contribution in [0.2, 0.25) is 0 Å². The zero-order valence-corrected chi connectivity index (χ0v) is 16.9. The van der Waals surface area contributed by atoms with Crippen LogP contribution < -0.4 is 5.32 Å². The number of carbonyl (C=O) groups excluding carboxylic acids is 1. The van der Waals surface area contributed by atoms with Crippen LogP contribution in [0.15, 0.2) is 84.4 Å². The van der Waals surface area contributed by atoms with Crippen molar-refractivity contribution < 1.29 is 14.6 Å². The number of esters is 1. The minimum absolute atomic E-state index is 0.165. The minimum atomic E-state index is -0.474. The van der Waals surface area contributed by atoms with Gasteiger partial charge in [0.25, 0.3) is 0 Å². The Morgan fingerprint density at radius 2 is 1.74 bits per heavy atom. The molecule has 2 N–H and O–H groups in total. The number of nitrogens with zero attached hydrogens (tertiary/aromatic N) is 2. The monoisotopic (exact) mass is 411 g/mol. The third-order valence-corrected chi connectivity index (χ3v) is 5.40. The predicted octanol–water partition coefficient (Wildman–Crippen LogP) is 4.73. The van der Waals surface area contributed by atoms with E-state index < -0.39 is 12.0 Å². The van der Waals surface area contributed by atoms with Gasteiger partial charge in [-0.25, -0.2) is 9.78 Å². The number of para-hydroxylation sites is 2. The Morgan fingerprint density at radius 3 is 2.48 bits per heavy atom. The molecular weight excluding hydrogens is 390 g/mol. The van der Waals surface area contributed by atoms with Crippen LogP contribution in [0.5, 0.6) is 5.75 Å². The number of rotatable bonds is 4. The van der Waals surface area contributed by atoms with Crippen molar-refractivity contribution in [3.05, 3.63) is 95.6 Å². The second kappa shape index (κ2) is 7.65. The van der Waals surface area contributed by atoms with Crippen LogP contribution in [0.4, 0.5) is 5.95 Å². The van der Waals surface area contributed by atoms with Crippen LogP contribution in [0.3, 0.4) is 0 Å². The van der Waals surface area contributed by atoms with Crippen LogP contribution in [0.25, 0.3) is 16.7 Å². The number of aromatic nitrogens is 2. The van der Waals surface area contributed by atoms with Crippen molar-refractivity contribution in [1.82, 2.24) is 9.55 Å². The van der Waals surface area contributed by atoms with E-state index in [1.165, 1.54) is 0 Å². The Balaban J connectivity index is 1.83. The van der Waals surface area contributed by atoms with Gasteiger partial charge in [-0.3, -0.25) is 4.57 Å². The molecule has 1 aliphatic heterocycles. The van der Waals surface area contributed by atoms with Gasteiger partial charge in [-0.1, -0.05) is 54.6 Å². The molecule has 0 bridgehead atoms. The molecule has 6 nitrogen and oxygen atoms in total. The summed E-state index contributed by atoms with van der Waals surface area (Å²) in [6.07, 6.45) is 0. The van der Waals surface area contributed by atoms with Gasteiger partial charge in [0.2, 0.25) is 5.95 Å². The van der Waals surface area contributed by atoms with E-state index in [1.807, 2.05) is 71.3 Å². The fourth-order valence-electron chi connectivity index (χ4n) is 4.07. The van der Waals surface area contributed by atoms with Gasteiger partial charge in [0.05, 0.1) is 35.0 Å². The van der Waals surface area contributed by atoms with Crippen molar-refractivity contribution in [2.24, 2.45) is 0 Å². The average Bonchev–Trinajstić information content (AvgIpc) is 3.17. The normalized spacial score (nSPS) is 15.5. The lowest BCUT2D eigenvalue weighted by atomic mass is 9.92. The number of phenolic OH excluding ortho intramolecular Hbond substituents is 1. The maximum atomic E-state index is 13.3. The number of imidazole rings is 1. The van der Waals surface area contributed by atoms with Gasteiger partial charge < -0.3 is 15.2 Å². The van der Waals surface area contributed by atoms with Crippen molar-refractivity contribution in [3.8, 4) is 5.75 Å². The standard InChI is InChI=1S/C25H21N3O3/c1-2-31-24(30)21-22(16-8-4-3-5-9-16)27-25-26-19-10-6-7-11-20(19)28(25)23(21)17-12-14-18(29)15-13-17/h3-15,23,29H,2H2,1H3,(H,26,27)/t23-/m1/s1. The zero-order chi connectivity index (χ0) is 21.4. The number of anilines is 1.